The number of hydrogen-bond donors (Lipinski definition) is 1. The highest BCUT2D eigenvalue weighted by atomic mass is 32.2. The number of aliphatic imine (C=N–C) groups is 1. The number of amides is 1. The van der Waals surface area contributed by atoms with Gasteiger partial charge in [-0.25, -0.2) is 9.79 Å². The van der Waals surface area contributed by atoms with Crippen molar-refractivity contribution >= 4 is 28.8 Å². The average molecular weight is 483 g/mol. The normalized spacial score (nSPS) is 20.2. The van der Waals surface area contributed by atoms with Crippen LogP contribution in [-0.2, 0) is 14.3 Å². The number of amidine groups is 1. The van der Waals surface area contributed by atoms with E-state index >= 15 is 0 Å². The molecular weight excluding hydrogens is 448 g/mol. The highest BCUT2D eigenvalue weighted by molar-refractivity contribution is 8.16. The Morgan fingerprint density at radius 3 is 2.71 bits per heavy atom. The lowest BCUT2D eigenvalue weighted by Gasteiger charge is -2.37. The van der Waals surface area contributed by atoms with Crippen molar-refractivity contribution in [3.05, 3.63) is 57.3 Å². The maximum atomic E-state index is 13.1. The van der Waals surface area contributed by atoms with Gasteiger partial charge in [-0.3, -0.25) is 4.79 Å². The summed E-state index contributed by atoms with van der Waals surface area (Å²) in [6, 6.07) is 5.88. The minimum Gasteiger partial charge on any atom is -0.463 e. The second kappa shape index (κ2) is 10.8. The molecule has 4 rings (SSSR count). The fraction of sp³-hybridized carbons (Fsp3) is 0.500. The van der Waals surface area contributed by atoms with Crippen LogP contribution in [0, 0.1) is 13.8 Å². The Bertz CT molecular complexity index is 1060. The average Bonchev–Trinajstić information content (AvgIpc) is 3.45. The fourth-order valence-corrected chi connectivity index (χ4v) is 5.74. The molecule has 7 nitrogen and oxygen atoms in total. The van der Waals surface area contributed by atoms with Gasteiger partial charge in [-0.1, -0.05) is 35.5 Å². The molecule has 0 saturated carbocycles. The number of ether oxygens (including phenoxy) is 1. The lowest BCUT2D eigenvalue weighted by Crippen LogP contribution is -2.39. The molecule has 0 radical (unpaired) electrons. The SMILES string of the molecule is CCOC(=O)C1=C(C)N=C2SC=C(CC(=O)NCCN3CCCC3)N2[C@H]1c1cc(C)ccc1C. The van der Waals surface area contributed by atoms with Crippen LogP contribution in [0.4, 0.5) is 0 Å². The second-order valence-corrected chi connectivity index (χ2v) is 9.89. The van der Waals surface area contributed by atoms with Crippen molar-refractivity contribution in [1.82, 2.24) is 15.1 Å². The van der Waals surface area contributed by atoms with Crippen molar-refractivity contribution in [2.24, 2.45) is 4.99 Å². The lowest BCUT2D eigenvalue weighted by molar-refractivity contribution is -0.139. The van der Waals surface area contributed by atoms with Gasteiger partial charge in [0.25, 0.3) is 0 Å². The summed E-state index contributed by atoms with van der Waals surface area (Å²) in [5.41, 5.74) is 5.26. The van der Waals surface area contributed by atoms with Gasteiger partial charge in [-0.15, -0.1) is 0 Å². The van der Waals surface area contributed by atoms with Gasteiger partial charge in [0.05, 0.1) is 30.3 Å². The highest BCUT2D eigenvalue weighted by Crippen LogP contribution is 2.45. The Balaban J connectivity index is 1.59. The third kappa shape index (κ3) is 5.23. The van der Waals surface area contributed by atoms with Crippen LogP contribution in [0.25, 0.3) is 0 Å². The Labute approximate surface area is 206 Å². The van der Waals surface area contributed by atoms with Gasteiger partial charge in [-0.2, -0.15) is 0 Å². The second-order valence-electron chi connectivity index (χ2n) is 9.05. The molecule has 3 aliphatic heterocycles. The Hall–Kier alpha value is -2.58. The van der Waals surface area contributed by atoms with Crippen LogP contribution in [0.3, 0.4) is 0 Å². The number of fused-ring (bicyclic) bond motifs is 1. The van der Waals surface area contributed by atoms with E-state index in [4.69, 9.17) is 9.73 Å². The number of likely N-dealkylation sites (tertiary alicyclic amines) is 1. The zero-order valence-electron chi connectivity index (χ0n) is 20.5. The predicted octanol–water partition coefficient (Wildman–Crippen LogP) is 4.04. The van der Waals surface area contributed by atoms with Crippen LogP contribution in [-0.4, -0.2) is 59.6 Å². The first-order valence-electron chi connectivity index (χ1n) is 12.1. The first-order chi connectivity index (χ1) is 16.4. The van der Waals surface area contributed by atoms with E-state index in [0.717, 1.165) is 47.2 Å². The van der Waals surface area contributed by atoms with Gasteiger partial charge >= 0.3 is 5.97 Å². The molecule has 0 unspecified atom stereocenters. The summed E-state index contributed by atoms with van der Waals surface area (Å²) < 4.78 is 5.44. The number of benzene rings is 1. The molecule has 0 spiro atoms. The summed E-state index contributed by atoms with van der Waals surface area (Å²) in [7, 11) is 0. The molecule has 1 aromatic rings. The van der Waals surface area contributed by atoms with E-state index in [1.54, 1.807) is 0 Å². The molecule has 1 N–H and O–H groups in total. The van der Waals surface area contributed by atoms with E-state index in [0.29, 0.717) is 24.4 Å². The molecule has 1 aromatic carbocycles. The molecule has 8 heteroatoms. The Kier molecular flexibility index (Phi) is 7.78. The molecular formula is C26H34N4O3S. The van der Waals surface area contributed by atoms with Gasteiger partial charge in [0.1, 0.15) is 0 Å². The zero-order chi connectivity index (χ0) is 24.2. The molecule has 1 amide bonds. The smallest absolute Gasteiger partial charge is 0.338 e. The summed E-state index contributed by atoms with van der Waals surface area (Å²) in [5, 5.41) is 5.84. The van der Waals surface area contributed by atoms with Crippen LogP contribution in [0.2, 0.25) is 0 Å². The van der Waals surface area contributed by atoms with E-state index in [9.17, 15) is 9.59 Å². The number of nitrogens with zero attached hydrogens (tertiary/aromatic N) is 3. The Morgan fingerprint density at radius 2 is 1.97 bits per heavy atom. The number of carbonyl (C=O) groups excluding carboxylic acids is 2. The molecule has 3 heterocycles. The molecule has 1 atom stereocenters. The number of carbonyl (C=O) groups is 2. The van der Waals surface area contributed by atoms with Crippen molar-refractivity contribution < 1.29 is 14.3 Å². The zero-order valence-corrected chi connectivity index (χ0v) is 21.3. The van der Waals surface area contributed by atoms with Gasteiger partial charge in [0, 0.05) is 18.8 Å². The molecule has 1 fully saturated rings. The van der Waals surface area contributed by atoms with E-state index < -0.39 is 0 Å². The van der Waals surface area contributed by atoms with E-state index in [-0.39, 0.29) is 24.3 Å². The third-order valence-electron chi connectivity index (χ3n) is 6.52. The molecule has 34 heavy (non-hydrogen) atoms. The standard InChI is InChI=1S/C26H34N4O3S/c1-5-33-25(32)23-19(4)28-26-30(24(23)21-14-17(2)8-9-18(21)3)20(16-34-26)15-22(31)27-10-13-29-11-6-7-12-29/h8-9,14,16,24H,5-7,10-13,15H2,1-4H3,(H,27,31)/t24-/m0/s1. The summed E-state index contributed by atoms with van der Waals surface area (Å²) in [6.45, 7) is 11.8. The summed E-state index contributed by atoms with van der Waals surface area (Å²) in [5.74, 6) is -0.379. The van der Waals surface area contributed by atoms with E-state index in [1.165, 1.54) is 24.6 Å². The maximum absolute atomic E-state index is 13.1. The van der Waals surface area contributed by atoms with Crippen molar-refractivity contribution in [2.45, 2.75) is 53.0 Å². The highest BCUT2D eigenvalue weighted by Gasteiger charge is 2.41. The molecule has 0 aromatic heterocycles. The van der Waals surface area contributed by atoms with Gasteiger partial charge in [0.2, 0.25) is 5.91 Å². The number of allylic oxidation sites excluding steroid dienone is 1. The van der Waals surface area contributed by atoms with E-state index in [2.05, 4.69) is 35.3 Å². The minimum absolute atomic E-state index is 0.0176. The van der Waals surface area contributed by atoms with Crippen LogP contribution in [0.15, 0.2) is 45.6 Å². The van der Waals surface area contributed by atoms with Crippen LogP contribution >= 0.6 is 11.8 Å². The summed E-state index contributed by atoms with van der Waals surface area (Å²) in [6.07, 6.45) is 2.72. The number of aryl methyl sites for hydroxylation is 2. The first kappa shape index (κ1) is 24.5. The third-order valence-corrected chi connectivity index (χ3v) is 7.40. The molecule has 182 valence electrons. The van der Waals surface area contributed by atoms with Crippen molar-refractivity contribution in [1.29, 1.82) is 0 Å². The van der Waals surface area contributed by atoms with Crippen LogP contribution in [0.1, 0.15) is 55.8 Å². The molecule has 0 bridgehead atoms. The van der Waals surface area contributed by atoms with Gasteiger partial charge < -0.3 is 19.9 Å². The van der Waals surface area contributed by atoms with Crippen molar-refractivity contribution in [3.63, 3.8) is 0 Å². The lowest BCUT2D eigenvalue weighted by atomic mass is 9.90. The number of hydrogen-bond acceptors (Lipinski definition) is 7. The van der Waals surface area contributed by atoms with Crippen LogP contribution in [0.5, 0.6) is 0 Å². The largest absolute Gasteiger partial charge is 0.463 e. The van der Waals surface area contributed by atoms with Gasteiger partial charge in [0.15, 0.2) is 5.17 Å². The predicted molar refractivity (Wildman–Crippen MR) is 136 cm³/mol. The molecule has 1 saturated heterocycles. The Morgan fingerprint density at radius 1 is 1.21 bits per heavy atom. The molecule has 3 aliphatic rings. The fourth-order valence-electron chi connectivity index (χ4n) is 4.78. The summed E-state index contributed by atoms with van der Waals surface area (Å²) >= 11 is 1.50. The topological polar surface area (TPSA) is 74.2 Å². The number of rotatable bonds is 8. The summed E-state index contributed by atoms with van der Waals surface area (Å²) in [4.78, 5) is 35.1. The van der Waals surface area contributed by atoms with Crippen molar-refractivity contribution in [3.8, 4) is 0 Å². The quantitative estimate of drug-likeness (QED) is 0.564. The number of thioether (sulfide) groups is 1. The first-order valence-corrected chi connectivity index (χ1v) is 12.9. The number of esters is 1. The number of nitrogens with one attached hydrogen (secondary N) is 1. The van der Waals surface area contributed by atoms with Gasteiger partial charge in [-0.05, 0) is 70.2 Å². The molecule has 0 aliphatic carbocycles. The van der Waals surface area contributed by atoms with Crippen molar-refractivity contribution in [2.75, 3.05) is 32.8 Å². The monoisotopic (exact) mass is 482 g/mol. The minimum atomic E-state index is -0.384. The maximum Gasteiger partial charge on any atom is 0.338 e. The van der Waals surface area contributed by atoms with E-state index in [1.807, 2.05) is 31.1 Å². The van der Waals surface area contributed by atoms with Crippen LogP contribution < -0.4 is 5.32 Å².